The molecule has 0 fully saturated rings. The molecule has 200 valence electrons. The summed E-state index contributed by atoms with van der Waals surface area (Å²) in [4.78, 5) is 2.54. The van der Waals surface area contributed by atoms with Crippen molar-refractivity contribution in [3.05, 3.63) is 0 Å². The van der Waals surface area contributed by atoms with Gasteiger partial charge >= 0.3 is 0 Å². The van der Waals surface area contributed by atoms with Crippen molar-refractivity contribution in [2.24, 2.45) is 11.5 Å². The monoisotopic (exact) mass is 471 g/mol. The zero-order valence-electron chi connectivity index (χ0n) is 22.8. The first-order chi connectivity index (χ1) is 16.2. The molecule has 0 heterocycles. The van der Waals surface area contributed by atoms with Crippen LogP contribution < -0.4 is 11.5 Å². The van der Waals surface area contributed by atoms with Crippen molar-refractivity contribution >= 4 is 0 Å². The Kier molecular flexibility index (Phi) is 26.2. The summed E-state index contributed by atoms with van der Waals surface area (Å²) in [6.45, 7) is 11.8. The van der Waals surface area contributed by atoms with Gasteiger partial charge in [0.25, 0.3) is 0 Å². The molecule has 0 aliphatic rings. The topological polar surface area (TPSA) is 73.7 Å². The maximum absolute atomic E-state index is 5.71. The van der Waals surface area contributed by atoms with Crippen molar-refractivity contribution in [3.8, 4) is 0 Å². The molecule has 0 aliphatic heterocycles. The molecule has 0 saturated heterocycles. The fourth-order valence-corrected chi connectivity index (χ4v) is 4.58. The van der Waals surface area contributed by atoms with Gasteiger partial charge in [0, 0.05) is 25.2 Å². The van der Waals surface area contributed by atoms with Crippen LogP contribution in [0.3, 0.4) is 0 Å². The van der Waals surface area contributed by atoms with Gasteiger partial charge in [0.15, 0.2) is 0 Å². The summed E-state index contributed by atoms with van der Waals surface area (Å²) in [5.41, 5.74) is 11.1. The van der Waals surface area contributed by atoms with Gasteiger partial charge in [-0.15, -0.1) is 0 Å². The van der Waals surface area contributed by atoms with Gasteiger partial charge in [-0.25, -0.2) is 0 Å². The number of unbranched alkanes of at least 4 members (excludes halogenated alkanes) is 15. The summed E-state index contributed by atoms with van der Waals surface area (Å²) >= 11 is 0. The highest BCUT2D eigenvalue weighted by Gasteiger charge is 2.20. The van der Waals surface area contributed by atoms with E-state index in [1.165, 1.54) is 103 Å². The van der Waals surface area contributed by atoms with Crippen LogP contribution in [0.15, 0.2) is 0 Å². The largest absolute Gasteiger partial charge is 0.379 e. The molecule has 0 aromatic rings. The highest BCUT2D eigenvalue weighted by atomic mass is 16.5. The Morgan fingerprint density at radius 3 is 1.21 bits per heavy atom. The van der Waals surface area contributed by atoms with Crippen molar-refractivity contribution in [1.29, 1.82) is 0 Å². The molecule has 0 aliphatic carbocycles. The maximum Gasteiger partial charge on any atom is 0.0619 e. The second-order valence-corrected chi connectivity index (χ2v) is 9.97. The predicted molar refractivity (Wildman–Crippen MR) is 145 cm³/mol. The van der Waals surface area contributed by atoms with Crippen LogP contribution in [0.25, 0.3) is 0 Å². The van der Waals surface area contributed by atoms with E-state index < -0.39 is 0 Å². The van der Waals surface area contributed by atoms with Gasteiger partial charge in [0.2, 0.25) is 0 Å². The van der Waals surface area contributed by atoms with Crippen molar-refractivity contribution in [2.75, 3.05) is 46.1 Å². The molecule has 0 aromatic heterocycles. The average molecular weight is 472 g/mol. The van der Waals surface area contributed by atoms with Crippen molar-refractivity contribution in [2.45, 2.75) is 136 Å². The molecule has 0 spiro atoms. The van der Waals surface area contributed by atoms with E-state index in [-0.39, 0.29) is 0 Å². The first kappa shape index (κ1) is 32.8. The van der Waals surface area contributed by atoms with Crippen LogP contribution in [0.5, 0.6) is 0 Å². The molecule has 2 atom stereocenters. The summed E-state index contributed by atoms with van der Waals surface area (Å²) in [7, 11) is 0. The highest BCUT2D eigenvalue weighted by Crippen LogP contribution is 2.15. The minimum absolute atomic E-state index is 0.379. The predicted octanol–water partition coefficient (Wildman–Crippen LogP) is 6.28. The zero-order chi connectivity index (χ0) is 24.4. The Hall–Kier alpha value is -0.200. The molecule has 2 unspecified atom stereocenters. The minimum Gasteiger partial charge on any atom is -0.379 e. The van der Waals surface area contributed by atoms with E-state index in [1.54, 1.807) is 0 Å². The van der Waals surface area contributed by atoms with E-state index in [0.717, 1.165) is 19.8 Å². The number of rotatable bonds is 27. The molecule has 0 rings (SSSR count). The smallest absolute Gasteiger partial charge is 0.0619 e. The Balaban J connectivity index is 3.75. The summed E-state index contributed by atoms with van der Waals surface area (Å²) in [5, 5.41) is 0. The second kappa shape index (κ2) is 26.4. The fraction of sp³-hybridized carbons (Fsp3) is 1.00. The van der Waals surface area contributed by atoms with E-state index in [0.29, 0.717) is 38.4 Å². The van der Waals surface area contributed by atoms with Gasteiger partial charge in [-0.05, 0) is 26.8 Å². The van der Waals surface area contributed by atoms with Crippen LogP contribution in [0.1, 0.15) is 124 Å². The second-order valence-electron chi connectivity index (χ2n) is 9.97. The SMILES string of the molecule is CCCCCCCCCCCCCCCCCCN(C(C)COCCN)C(C)COCCN. The lowest BCUT2D eigenvalue weighted by Gasteiger charge is -2.34. The van der Waals surface area contributed by atoms with Crippen LogP contribution >= 0.6 is 0 Å². The summed E-state index contributed by atoms with van der Waals surface area (Å²) < 4.78 is 11.4. The Morgan fingerprint density at radius 2 is 0.879 bits per heavy atom. The minimum atomic E-state index is 0.379. The van der Waals surface area contributed by atoms with Gasteiger partial charge in [-0.1, -0.05) is 103 Å². The first-order valence-corrected chi connectivity index (χ1v) is 14.5. The van der Waals surface area contributed by atoms with Crippen LogP contribution in [0.4, 0.5) is 0 Å². The molecule has 4 N–H and O–H groups in total. The molecule has 0 bridgehead atoms. The number of nitrogens with zero attached hydrogens (tertiary/aromatic N) is 1. The van der Waals surface area contributed by atoms with E-state index >= 15 is 0 Å². The van der Waals surface area contributed by atoms with Gasteiger partial charge < -0.3 is 20.9 Å². The molecule has 33 heavy (non-hydrogen) atoms. The highest BCUT2D eigenvalue weighted by molar-refractivity contribution is 4.74. The van der Waals surface area contributed by atoms with Gasteiger partial charge in [0.05, 0.1) is 26.4 Å². The molecule has 0 radical (unpaired) electrons. The Morgan fingerprint density at radius 1 is 0.545 bits per heavy atom. The van der Waals surface area contributed by atoms with Crippen LogP contribution in [0.2, 0.25) is 0 Å². The molecule has 5 nitrogen and oxygen atoms in total. The van der Waals surface area contributed by atoms with Gasteiger partial charge in [-0.2, -0.15) is 0 Å². The van der Waals surface area contributed by atoms with Crippen molar-refractivity contribution in [3.63, 3.8) is 0 Å². The van der Waals surface area contributed by atoms with E-state index in [4.69, 9.17) is 20.9 Å². The zero-order valence-corrected chi connectivity index (χ0v) is 22.8. The lowest BCUT2D eigenvalue weighted by molar-refractivity contribution is 0.0164. The Bertz CT molecular complexity index is 355. The molecular formula is C28H61N3O2. The van der Waals surface area contributed by atoms with E-state index in [2.05, 4.69) is 25.7 Å². The maximum atomic E-state index is 5.71. The van der Waals surface area contributed by atoms with Gasteiger partial charge in [-0.3, -0.25) is 4.90 Å². The van der Waals surface area contributed by atoms with Crippen LogP contribution in [-0.4, -0.2) is 63.0 Å². The molecular weight excluding hydrogens is 410 g/mol. The molecule has 5 heteroatoms. The first-order valence-electron chi connectivity index (χ1n) is 14.5. The third-order valence-electron chi connectivity index (χ3n) is 6.64. The standard InChI is InChI=1S/C28H61N3O2/c1-4-5-6-7-8-9-10-11-12-13-14-15-16-17-18-19-22-31(27(2)25-32-23-20-29)28(3)26-33-24-21-30/h27-28H,4-26,29-30H2,1-3H3. The average Bonchev–Trinajstić information content (AvgIpc) is 2.81. The van der Waals surface area contributed by atoms with Crippen molar-refractivity contribution < 1.29 is 9.47 Å². The van der Waals surface area contributed by atoms with Crippen LogP contribution in [0, 0.1) is 0 Å². The Labute approximate surface area is 207 Å². The quantitative estimate of drug-likeness (QED) is 0.138. The van der Waals surface area contributed by atoms with Crippen LogP contribution in [-0.2, 0) is 9.47 Å². The third kappa shape index (κ3) is 22.0. The third-order valence-corrected chi connectivity index (χ3v) is 6.64. The number of hydrogen-bond acceptors (Lipinski definition) is 5. The van der Waals surface area contributed by atoms with Gasteiger partial charge in [0.1, 0.15) is 0 Å². The summed E-state index contributed by atoms with van der Waals surface area (Å²) in [6, 6.07) is 0.758. The lowest BCUT2D eigenvalue weighted by Crippen LogP contribution is -2.45. The molecule has 0 aromatic carbocycles. The molecule has 0 saturated carbocycles. The summed E-state index contributed by atoms with van der Waals surface area (Å²) in [5.74, 6) is 0. The lowest BCUT2D eigenvalue weighted by atomic mass is 10.0. The van der Waals surface area contributed by atoms with Crippen molar-refractivity contribution in [1.82, 2.24) is 4.90 Å². The molecule has 0 amide bonds. The number of ether oxygens (including phenoxy) is 2. The van der Waals surface area contributed by atoms with E-state index in [1.807, 2.05) is 0 Å². The fourth-order valence-electron chi connectivity index (χ4n) is 4.58. The number of hydrogen-bond donors (Lipinski definition) is 2. The van der Waals surface area contributed by atoms with E-state index in [9.17, 15) is 0 Å². The number of nitrogens with two attached hydrogens (primary N) is 2. The normalized spacial score (nSPS) is 13.6. The summed E-state index contributed by atoms with van der Waals surface area (Å²) in [6.07, 6.45) is 22.5.